The minimum atomic E-state index is 0.565. The fourth-order valence-electron chi connectivity index (χ4n) is 4.07. The van der Waals surface area contributed by atoms with E-state index in [0.717, 1.165) is 23.8 Å². The van der Waals surface area contributed by atoms with Crippen LogP contribution in [-0.2, 0) is 0 Å². The van der Waals surface area contributed by atoms with Gasteiger partial charge in [0.25, 0.3) is 0 Å². The van der Waals surface area contributed by atoms with E-state index in [2.05, 4.69) is 40.9 Å². The first kappa shape index (κ1) is 14.6. The molecule has 21 heavy (non-hydrogen) atoms. The molecule has 0 aliphatic heterocycles. The molecule has 0 saturated heterocycles. The number of hydrogen-bond acceptors (Lipinski definition) is 5. The van der Waals surface area contributed by atoms with Crippen LogP contribution in [0.5, 0.6) is 5.88 Å². The molecule has 2 aliphatic rings. The minimum absolute atomic E-state index is 0.565. The lowest BCUT2D eigenvalue weighted by atomic mass is 10.0. The van der Waals surface area contributed by atoms with Crippen LogP contribution in [0, 0.1) is 11.8 Å². The van der Waals surface area contributed by atoms with E-state index in [-0.39, 0.29) is 0 Å². The van der Waals surface area contributed by atoms with Gasteiger partial charge in [-0.15, -0.1) is 0 Å². The lowest BCUT2D eigenvalue weighted by Gasteiger charge is -2.27. The normalized spacial score (nSPS) is 31.5. The zero-order valence-corrected chi connectivity index (χ0v) is 13.5. The third kappa shape index (κ3) is 2.84. The molecule has 0 amide bonds. The maximum Gasteiger partial charge on any atom is 0.228 e. The Morgan fingerprint density at radius 1 is 1.05 bits per heavy atom. The molecular weight excluding hydrogens is 264 g/mol. The quantitative estimate of drug-likeness (QED) is 0.849. The Bertz CT molecular complexity index is 479. The molecule has 1 aromatic rings. The Kier molecular flexibility index (Phi) is 4.02. The van der Waals surface area contributed by atoms with Crippen molar-refractivity contribution in [2.45, 2.75) is 37.8 Å². The summed E-state index contributed by atoms with van der Waals surface area (Å²) in [6.07, 6.45) is 7.01. The second-order valence-corrected chi connectivity index (χ2v) is 6.74. The molecule has 2 unspecified atom stereocenters. The molecule has 5 heteroatoms. The molecule has 0 N–H and O–H groups in total. The fraction of sp³-hybridized carbons (Fsp3) is 0.750. The van der Waals surface area contributed by atoms with Crippen molar-refractivity contribution in [2.75, 3.05) is 33.2 Å². The topological polar surface area (TPSA) is 41.5 Å². The zero-order chi connectivity index (χ0) is 15.0. The van der Waals surface area contributed by atoms with Gasteiger partial charge in [0.15, 0.2) is 0 Å². The summed E-state index contributed by atoms with van der Waals surface area (Å²) < 4.78 is 5.20. The Hall–Kier alpha value is -1.36. The first-order valence-electron chi connectivity index (χ1n) is 7.84. The van der Waals surface area contributed by atoms with Crippen LogP contribution in [0.4, 0.5) is 5.95 Å². The van der Waals surface area contributed by atoms with Gasteiger partial charge in [0, 0.05) is 31.4 Å². The first-order chi connectivity index (χ1) is 10.1. The SMILES string of the molecule is COc1ccnc(N(C)C2C[C@H]3CC(N(C)C)C[C@H]3C2)n1. The molecule has 0 aromatic carbocycles. The van der Waals surface area contributed by atoms with Crippen molar-refractivity contribution in [3.63, 3.8) is 0 Å². The second kappa shape index (κ2) is 5.79. The van der Waals surface area contributed by atoms with Gasteiger partial charge in [0.1, 0.15) is 0 Å². The number of methoxy groups -OCH3 is 1. The zero-order valence-electron chi connectivity index (χ0n) is 13.5. The average molecular weight is 290 g/mol. The Morgan fingerprint density at radius 2 is 1.67 bits per heavy atom. The molecule has 0 spiro atoms. The molecule has 4 atom stereocenters. The molecule has 0 radical (unpaired) electrons. The summed E-state index contributed by atoms with van der Waals surface area (Å²) in [7, 11) is 8.18. The van der Waals surface area contributed by atoms with E-state index in [1.807, 2.05) is 0 Å². The molecule has 1 heterocycles. The standard InChI is InChI=1S/C16H26N4O/c1-19(2)13-7-11-9-14(10-12(11)8-13)20(3)16-17-6-5-15(18-16)21-4/h5-6,11-14H,7-10H2,1-4H3/t11-,12+,13?,14?. The Labute approximate surface area is 127 Å². The summed E-state index contributed by atoms with van der Waals surface area (Å²) >= 11 is 0. The average Bonchev–Trinajstić information content (AvgIpc) is 3.05. The molecule has 116 valence electrons. The van der Waals surface area contributed by atoms with Crippen LogP contribution in [-0.4, -0.2) is 55.2 Å². The van der Waals surface area contributed by atoms with Crippen LogP contribution in [0.3, 0.4) is 0 Å². The summed E-state index contributed by atoms with van der Waals surface area (Å²) in [6, 6.07) is 3.14. The highest BCUT2D eigenvalue weighted by Crippen LogP contribution is 2.46. The molecule has 2 fully saturated rings. The summed E-state index contributed by atoms with van der Waals surface area (Å²) in [5, 5.41) is 0. The Morgan fingerprint density at radius 3 is 2.24 bits per heavy atom. The van der Waals surface area contributed by atoms with Crippen molar-refractivity contribution in [2.24, 2.45) is 11.8 Å². The van der Waals surface area contributed by atoms with Crippen molar-refractivity contribution in [3.05, 3.63) is 12.3 Å². The molecule has 0 bridgehead atoms. The van der Waals surface area contributed by atoms with Gasteiger partial charge in [-0.3, -0.25) is 0 Å². The van der Waals surface area contributed by atoms with E-state index < -0.39 is 0 Å². The van der Waals surface area contributed by atoms with Gasteiger partial charge in [-0.05, 0) is 51.6 Å². The first-order valence-corrected chi connectivity index (χ1v) is 7.84. The van der Waals surface area contributed by atoms with E-state index in [1.54, 1.807) is 19.4 Å². The van der Waals surface area contributed by atoms with Crippen molar-refractivity contribution in [1.29, 1.82) is 0 Å². The summed E-state index contributed by atoms with van der Waals surface area (Å²) in [6.45, 7) is 0. The van der Waals surface area contributed by atoms with Crippen LogP contribution in [0.1, 0.15) is 25.7 Å². The molecule has 5 nitrogen and oxygen atoms in total. The second-order valence-electron chi connectivity index (χ2n) is 6.74. The van der Waals surface area contributed by atoms with E-state index in [0.29, 0.717) is 11.9 Å². The van der Waals surface area contributed by atoms with Gasteiger partial charge in [0.05, 0.1) is 7.11 Å². The molecular formula is C16H26N4O. The smallest absolute Gasteiger partial charge is 0.228 e. The van der Waals surface area contributed by atoms with E-state index in [1.165, 1.54) is 25.7 Å². The molecule has 1 aromatic heterocycles. The van der Waals surface area contributed by atoms with Gasteiger partial charge in [-0.1, -0.05) is 0 Å². The molecule has 2 saturated carbocycles. The lowest BCUT2D eigenvalue weighted by Crippen LogP contribution is -2.32. The van der Waals surface area contributed by atoms with Crippen LogP contribution in [0.2, 0.25) is 0 Å². The van der Waals surface area contributed by atoms with E-state index in [4.69, 9.17) is 4.74 Å². The largest absolute Gasteiger partial charge is 0.481 e. The Balaban J connectivity index is 1.65. The minimum Gasteiger partial charge on any atom is -0.481 e. The van der Waals surface area contributed by atoms with Crippen molar-refractivity contribution in [1.82, 2.24) is 14.9 Å². The fourth-order valence-corrected chi connectivity index (χ4v) is 4.07. The number of fused-ring (bicyclic) bond motifs is 1. The monoisotopic (exact) mass is 290 g/mol. The van der Waals surface area contributed by atoms with Crippen molar-refractivity contribution < 1.29 is 4.74 Å². The van der Waals surface area contributed by atoms with E-state index in [9.17, 15) is 0 Å². The van der Waals surface area contributed by atoms with Gasteiger partial charge >= 0.3 is 0 Å². The summed E-state index contributed by atoms with van der Waals surface area (Å²) in [5.41, 5.74) is 0. The predicted molar refractivity (Wildman–Crippen MR) is 83.7 cm³/mol. The van der Waals surface area contributed by atoms with Crippen LogP contribution in [0.25, 0.3) is 0 Å². The lowest BCUT2D eigenvalue weighted by molar-refractivity contribution is 0.281. The highest BCUT2D eigenvalue weighted by Gasteiger charge is 2.43. The number of hydrogen-bond donors (Lipinski definition) is 0. The van der Waals surface area contributed by atoms with Gasteiger partial charge in [-0.25, -0.2) is 4.98 Å². The summed E-state index contributed by atoms with van der Waals surface area (Å²) in [5.74, 6) is 3.16. The number of aromatic nitrogens is 2. The number of anilines is 1. The molecule has 3 rings (SSSR count). The van der Waals surface area contributed by atoms with Crippen LogP contribution < -0.4 is 9.64 Å². The van der Waals surface area contributed by atoms with Gasteiger partial charge < -0.3 is 14.5 Å². The van der Waals surface area contributed by atoms with E-state index >= 15 is 0 Å². The highest BCUT2D eigenvalue weighted by molar-refractivity contribution is 5.33. The predicted octanol–water partition coefficient (Wildman–Crippen LogP) is 2.04. The third-order valence-corrected chi connectivity index (χ3v) is 5.39. The summed E-state index contributed by atoms with van der Waals surface area (Å²) in [4.78, 5) is 13.5. The van der Waals surface area contributed by atoms with Gasteiger partial charge in [0.2, 0.25) is 11.8 Å². The van der Waals surface area contributed by atoms with Crippen molar-refractivity contribution in [3.8, 4) is 5.88 Å². The number of ether oxygens (including phenoxy) is 1. The van der Waals surface area contributed by atoms with Gasteiger partial charge in [-0.2, -0.15) is 4.98 Å². The van der Waals surface area contributed by atoms with Crippen molar-refractivity contribution >= 4 is 5.95 Å². The highest BCUT2D eigenvalue weighted by atomic mass is 16.5. The van der Waals surface area contributed by atoms with Crippen LogP contribution in [0.15, 0.2) is 12.3 Å². The molecule has 2 aliphatic carbocycles. The number of rotatable bonds is 4. The third-order valence-electron chi connectivity index (χ3n) is 5.39. The maximum absolute atomic E-state index is 5.20. The van der Waals surface area contributed by atoms with Crippen LogP contribution >= 0.6 is 0 Å². The number of nitrogens with zero attached hydrogens (tertiary/aromatic N) is 4. The maximum atomic E-state index is 5.20.